The molecule has 0 radical (unpaired) electrons. The third-order valence-electron chi connectivity index (χ3n) is 6.13. The molecule has 3 aromatic heterocycles. The van der Waals surface area contributed by atoms with Gasteiger partial charge in [-0.2, -0.15) is 0 Å². The second-order valence-electron chi connectivity index (χ2n) is 7.89. The number of aromatic nitrogens is 4. The number of nitrogen functional groups attached to an aromatic ring is 1. The second-order valence-corrected chi connectivity index (χ2v) is 7.89. The van der Waals surface area contributed by atoms with E-state index in [1.165, 1.54) is 0 Å². The number of rotatable bonds is 2. The van der Waals surface area contributed by atoms with E-state index >= 15 is 0 Å². The van der Waals surface area contributed by atoms with Crippen LogP contribution in [0.5, 0.6) is 0 Å². The molecule has 0 atom stereocenters. The smallest absolute Gasteiger partial charge is 0.228 e. The molecule has 5 rings (SSSR count). The summed E-state index contributed by atoms with van der Waals surface area (Å²) in [5, 5.41) is 0. The van der Waals surface area contributed by atoms with Crippen molar-refractivity contribution in [3.05, 3.63) is 53.2 Å². The molecule has 2 aliphatic heterocycles. The number of carbonyl (C=O) groups is 1. The summed E-state index contributed by atoms with van der Waals surface area (Å²) < 4.78 is 8.19. The number of nitrogens with zero attached hydrogens (tertiary/aromatic N) is 5. The van der Waals surface area contributed by atoms with Crippen molar-refractivity contribution in [2.45, 2.75) is 38.2 Å². The van der Waals surface area contributed by atoms with Crippen LogP contribution in [0.3, 0.4) is 0 Å². The molecule has 2 aliphatic rings. The van der Waals surface area contributed by atoms with Crippen LogP contribution in [0.25, 0.3) is 5.65 Å². The lowest BCUT2D eigenvalue weighted by Gasteiger charge is -2.44. The summed E-state index contributed by atoms with van der Waals surface area (Å²) in [5.41, 5.74) is 10.3. The van der Waals surface area contributed by atoms with E-state index in [-0.39, 0.29) is 11.9 Å². The maximum absolute atomic E-state index is 13.0. The molecule has 150 valence electrons. The number of likely N-dealkylation sites (tertiary alicyclic amines) is 1. The van der Waals surface area contributed by atoms with Crippen LogP contribution in [-0.4, -0.2) is 49.9 Å². The summed E-state index contributed by atoms with van der Waals surface area (Å²) in [4.78, 5) is 28.0. The van der Waals surface area contributed by atoms with Crippen molar-refractivity contribution in [1.29, 1.82) is 0 Å². The number of carbonyl (C=O) groups excluding carboxylic acids is 1. The van der Waals surface area contributed by atoms with E-state index in [1.807, 2.05) is 40.8 Å². The number of hydrogen-bond acceptors (Lipinski definition) is 6. The highest BCUT2D eigenvalue weighted by Crippen LogP contribution is 2.40. The lowest BCUT2D eigenvalue weighted by molar-refractivity contribution is -0.140. The zero-order chi connectivity index (χ0) is 20.0. The number of fused-ring (bicyclic) bond motifs is 3. The number of ether oxygens (including phenoxy) is 1. The van der Waals surface area contributed by atoms with Gasteiger partial charge in [0.2, 0.25) is 11.9 Å². The molecule has 1 spiro atoms. The highest BCUT2D eigenvalue weighted by molar-refractivity contribution is 5.78. The van der Waals surface area contributed by atoms with Gasteiger partial charge in [0.25, 0.3) is 0 Å². The molecule has 1 fully saturated rings. The minimum absolute atomic E-state index is 0.112. The monoisotopic (exact) mass is 392 g/mol. The van der Waals surface area contributed by atoms with Gasteiger partial charge in [-0.05, 0) is 43.4 Å². The Bertz CT molecular complexity index is 1080. The molecule has 0 aromatic carbocycles. The van der Waals surface area contributed by atoms with Crippen molar-refractivity contribution in [3.63, 3.8) is 0 Å². The summed E-state index contributed by atoms with van der Waals surface area (Å²) in [7, 11) is 0. The van der Waals surface area contributed by atoms with Crippen LogP contribution in [-0.2, 0) is 28.0 Å². The predicted molar refractivity (Wildman–Crippen MR) is 107 cm³/mol. The van der Waals surface area contributed by atoms with Gasteiger partial charge in [0.05, 0.1) is 24.4 Å². The van der Waals surface area contributed by atoms with Gasteiger partial charge in [-0.25, -0.2) is 15.0 Å². The van der Waals surface area contributed by atoms with Crippen LogP contribution in [0, 0.1) is 6.92 Å². The Kier molecular flexibility index (Phi) is 4.24. The molecule has 0 saturated carbocycles. The van der Waals surface area contributed by atoms with Gasteiger partial charge in [-0.15, -0.1) is 0 Å². The zero-order valence-electron chi connectivity index (χ0n) is 16.5. The van der Waals surface area contributed by atoms with Crippen LogP contribution >= 0.6 is 0 Å². The number of anilines is 1. The Morgan fingerprint density at radius 3 is 2.93 bits per heavy atom. The lowest BCUT2D eigenvalue weighted by Crippen LogP contribution is -2.49. The lowest BCUT2D eigenvalue weighted by atomic mass is 9.83. The molecule has 0 bridgehead atoms. The highest BCUT2D eigenvalue weighted by atomic mass is 16.5. The number of piperidine rings is 1. The minimum Gasteiger partial charge on any atom is -0.368 e. The zero-order valence-corrected chi connectivity index (χ0v) is 16.5. The summed E-state index contributed by atoms with van der Waals surface area (Å²) in [6.07, 6.45) is 8.14. The van der Waals surface area contributed by atoms with E-state index in [0.717, 1.165) is 34.6 Å². The predicted octanol–water partition coefficient (Wildman–Crippen LogP) is 1.65. The van der Waals surface area contributed by atoms with Gasteiger partial charge in [0.1, 0.15) is 11.2 Å². The van der Waals surface area contributed by atoms with E-state index in [0.29, 0.717) is 39.0 Å². The Labute approximate surface area is 168 Å². The molecular weight excluding hydrogens is 368 g/mol. The van der Waals surface area contributed by atoms with Gasteiger partial charge in [0.15, 0.2) is 0 Å². The number of pyridine rings is 1. The molecule has 2 N–H and O–H groups in total. The highest BCUT2D eigenvalue weighted by Gasteiger charge is 2.43. The fourth-order valence-corrected chi connectivity index (χ4v) is 4.52. The summed E-state index contributed by atoms with van der Waals surface area (Å²) in [5.74, 6) is 0.386. The topological polar surface area (TPSA) is 98.6 Å². The molecule has 1 saturated heterocycles. The molecule has 0 aliphatic carbocycles. The number of imidazole rings is 1. The second kappa shape index (κ2) is 6.81. The first kappa shape index (κ1) is 18.1. The SMILES string of the molecule is Cc1cccn2c(CC(=O)N3CCC4(CC3)OCCc3cnc(N)nc34)cnc12. The molecular formula is C21H24N6O2. The van der Waals surface area contributed by atoms with Crippen LogP contribution < -0.4 is 5.73 Å². The van der Waals surface area contributed by atoms with E-state index in [4.69, 9.17) is 10.5 Å². The number of aryl methyl sites for hydroxylation is 1. The fourth-order valence-electron chi connectivity index (χ4n) is 4.52. The molecule has 8 heteroatoms. The maximum Gasteiger partial charge on any atom is 0.228 e. The Balaban J connectivity index is 1.32. The van der Waals surface area contributed by atoms with Gasteiger partial charge in [-0.1, -0.05) is 6.07 Å². The number of amides is 1. The van der Waals surface area contributed by atoms with Gasteiger partial charge in [-0.3, -0.25) is 4.79 Å². The standard InChI is InChI=1S/C21H24N6O2/c1-14-3-2-7-27-16(13-23-19(14)27)11-17(28)26-8-5-21(6-9-26)18-15(4-10-29-21)12-24-20(22)25-18/h2-3,7,12-13H,4-6,8-11H2,1H3,(H2,22,24,25). The van der Waals surface area contributed by atoms with Crippen molar-refractivity contribution in [2.75, 3.05) is 25.4 Å². The average Bonchev–Trinajstić information content (AvgIpc) is 3.13. The van der Waals surface area contributed by atoms with Crippen LogP contribution in [0.4, 0.5) is 5.95 Å². The molecule has 8 nitrogen and oxygen atoms in total. The van der Waals surface area contributed by atoms with E-state index in [2.05, 4.69) is 15.0 Å². The van der Waals surface area contributed by atoms with E-state index in [9.17, 15) is 4.79 Å². The first-order chi connectivity index (χ1) is 14.1. The van der Waals surface area contributed by atoms with Crippen LogP contribution in [0.15, 0.2) is 30.7 Å². The van der Waals surface area contributed by atoms with Gasteiger partial charge >= 0.3 is 0 Å². The van der Waals surface area contributed by atoms with E-state index in [1.54, 1.807) is 6.20 Å². The first-order valence-corrected chi connectivity index (χ1v) is 10.0. The van der Waals surface area contributed by atoms with E-state index < -0.39 is 5.60 Å². The molecule has 3 aromatic rings. The Morgan fingerprint density at radius 1 is 1.28 bits per heavy atom. The maximum atomic E-state index is 13.0. The van der Waals surface area contributed by atoms with Crippen LogP contribution in [0.2, 0.25) is 0 Å². The third kappa shape index (κ3) is 3.04. The van der Waals surface area contributed by atoms with Crippen molar-refractivity contribution < 1.29 is 9.53 Å². The largest absolute Gasteiger partial charge is 0.368 e. The van der Waals surface area contributed by atoms with Crippen molar-refractivity contribution in [2.24, 2.45) is 0 Å². The van der Waals surface area contributed by atoms with Gasteiger partial charge in [0, 0.05) is 31.7 Å². The Hall–Kier alpha value is -3.00. The molecule has 0 unspecified atom stereocenters. The average molecular weight is 392 g/mol. The third-order valence-corrected chi connectivity index (χ3v) is 6.13. The quantitative estimate of drug-likeness (QED) is 0.712. The minimum atomic E-state index is -0.457. The summed E-state index contributed by atoms with van der Waals surface area (Å²) in [6, 6.07) is 4.00. The fraction of sp³-hybridized carbons (Fsp3) is 0.429. The first-order valence-electron chi connectivity index (χ1n) is 10.0. The normalized spacial score (nSPS) is 18.2. The molecule has 29 heavy (non-hydrogen) atoms. The number of nitrogens with two attached hydrogens (primary N) is 1. The molecule has 5 heterocycles. The summed E-state index contributed by atoms with van der Waals surface area (Å²) >= 11 is 0. The van der Waals surface area contributed by atoms with Gasteiger partial charge < -0.3 is 19.8 Å². The van der Waals surface area contributed by atoms with Crippen molar-refractivity contribution in [3.8, 4) is 0 Å². The van der Waals surface area contributed by atoms with Crippen LogP contribution in [0.1, 0.15) is 35.4 Å². The number of hydrogen-bond donors (Lipinski definition) is 1. The summed E-state index contributed by atoms with van der Waals surface area (Å²) in [6.45, 7) is 3.95. The Morgan fingerprint density at radius 2 is 2.10 bits per heavy atom. The molecule has 1 amide bonds. The van der Waals surface area contributed by atoms with Crippen molar-refractivity contribution in [1.82, 2.24) is 24.3 Å². The van der Waals surface area contributed by atoms with Crippen molar-refractivity contribution >= 4 is 17.5 Å².